The number of nitrogens with one attached hydrogen (secondary N) is 8. The van der Waals surface area contributed by atoms with Crippen LogP contribution in [0.15, 0.2) is 67.4 Å². The Morgan fingerprint density at radius 1 is 0.696 bits per heavy atom. The van der Waals surface area contributed by atoms with Gasteiger partial charge in [0.15, 0.2) is 11.6 Å². The molecule has 0 bridgehead atoms. The van der Waals surface area contributed by atoms with Gasteiger partial charge in [0.25, 0.3) is 0 Å². The Kier molecular flexibility index (Phi) is 24.3. The summed E-state index contributed by atoms with van der Waals surface area (Å²) in [5.74, 6) is 0.473. The summed E-state index contributed by atoms with van der Waals surface area (Å²) in [7, 11) is 0. The average Bonchev–Trinajstić information content (AvgIpc) is 3.90. The SMILES string of the molecule is C=CC(=O)Nc1ccc(Nc2nc(Nc3ccc(OCCOCCNC(=O)CCCC(=O)NCCCOCCOCCOCCCNC(=O)CCCC4SC[C@@H]5NC(=O)N[C@H]45)cc3)ncc2F)cc1. The minimum atomic E-state index is -0.640. The van der Waals surface area contributed by atoms with Crippen molar-refractivity contribution < 1.29 is 52.0 Å². The molecule has 69 heavy (non-hydrogen) atoms. The summed E-state index contributed by atoms with van der Waals surface area (Å²) in [4.78, 5) is 67.7. The molecule has 0 aliphatic carbocycles. The molecule has 6 amide bonds. The fraction of sp³-hybridized carbons (Fsp3) is 0.511. The van der Waals surface area contributed by atoms with Crippen molar-refractivity contribution >= 4 is 70.3 Å². The Bertz CT molecular complexity index is 2070. The number of thioether (sulfide) groups is 1. The molecule has 22 heteroatoms. The summed E-state index contributed by atoms with van der Waals surface area (Å²) < 4.78 is 42.4. The van der Waals surface area contributed by atoms with E-state index in [2.05, 4.69) is 59.1 Å². The number of ether oxygens (including phenoxy) is 5. The van der Waals surface area contributed by atoms with Crippen LogP contribution in [-0.4, -0.2) is 142 Å². The van der Waals surface area contributed by atoms with E-state index in [4.69, 9.17) is 23.7 Å². The third-order valence-electron chi connectivity index (χ3n) is 10.5. The van der Waals surface area contributed by atoms with Crippen LogP contribution in [0.2, 0.25) is 0 Å². The highest BCUT2D eigenvalue weighted by Gasteiger charge is 2.42. The number of benzene rings is 2. The molecule has 3 heterocycles. The van der Waals surface area contributed by atoms with Crippen molar-refractivity contribution in [3.63, 3.8) is 0 Å². The third kappa shape index (κ3) is 21.4. The number of nitrogens with zero attached hydrogens (tertiary/aromatic N) is 2. The zero-order valence-electron chi connectivity index (χ0n) is 38.8. The van der Waals surface area contributed by atoms with Gasteiger partial charge in [-0.05, 0) is 86.7 Å². The fourth-order valence-electron chi connectivity index (χ4n) is 6.96. The lowest BCUT2D eigenvalue weighted by Crippen LogP contribution is -2.37. The van der Waals surface area contributed by atoms with Crippen LogP contribution in [0, 0.1) is 5.82 Å². The van der Waals surface area contributed by atoms with Gasteiger partial charge < -0.3 is 66.2 Å². The summed E-state index contributed by atoms with van der Waals surface area (Å²) in [6, 6.07) is 14.0. The lowest BCUT2D eigenvalue weighted by Gasteiger charge is -2.16. The molecule has 0 radical (unpaired) electrons. The Morgan fingerprint density at radius 2 is 1.26 bits per heavy atom. The molecular formula is C47H65FN10O10S. The first kappa shape index (κ1) is 53.9. The minimum Gasteiger partial charge on any atom is -0.491 e. The van der Waals surface area contributed by atoms with Crippen LogP contribution < -0.4 is 47.3 Å². The highest BCUT2D eigenvalue weighted by atomic mass is 32.2. The van der Waals surface area contributed by atoms with E-state index in [-0.39, 0.29) is 66.4 Å². The number of carbonyl (C=O) groups is 5. The van der Waals surface area contributed by atoms with Gasteiger partial charge in [-0.15, -0.1) is 0 Å². The van der Waals surface area contributed by atoms with Crippen LogP contribution in [0.1, 0.15) is 51.4 Å². The van der Waals surface area contributed by atoms with Crippen molar-refractivity contribution in [2.24, 2.45) is 0 Å². The summed E-state index contributed by atoms with van der Waals surface area (Å²) in [5.41, 5.74) is 1.78. The Labute approximate surface area is 406 Å². The first-order valence-electron chi connectivity index (χ1n) is 23.3. The number of halogens is 1. The summed E-state index contributed by atoms with van der Waals surface area (Å²) in [6.45, 7) is 8.52. The predicted molar refractivity (Wildman–Crippen MR) is 260 cm³/mol. The Morgan fingerprint density at radius 3 is 1.93 bits per heavy atom. The molecule has 8 N–H and O–H groups in total. The number of hydrogen-bond acceptors (Lipinski definition) is 15. The van der Waals surface area contributed by atoms with E-state index >= 15 is 0 Å². The molecule has 376 valence electrons. The molecule has 0 spiro atoms. The van der Waals surface area contributed by atoms with Gasteiger partial charge in [-0.1, -0.05) is 6.58 Å². The molecule has 2 aliphatic rings. The third-order valence-corrected chi connectivity index (χ3v) is 12.0. The van der Waals surface area contributed by atoms with Crippen LogP contribution in [0.25, 0.3) is 0 Å². The number of anilines is 5. The first-order chi connectivity index (χ1) is 33.6. The first-order valence-corrected chi connectivity index (χ1v) is 24.3. The van der Waals surface area contributed by atoms with E-state index in [9.17, 15) is 28.4 Å². The molecule has 2 aliphatic heterocycles. The van der Waals surface area contributed by atoms with Crippen LogP contribution >= 0.6 is 11.8 Å². The quantitative estimate of drug-likeness (QED) is 0.0232. The number of fused-ring (bicyclic) bond motifs is 1. The lowest BCUT2D eigenvalue weighted by atomic mass is 10.0. The smallest absolute Gasteiger partial charge is 0.315 e. The maximum absolute atomic E-state index is 14.5. The van der Waals surface area contributed by atoms with Gasteiger partial charge >= 0.3 is 6.03 Å². The molecule has 1 unspecified atom stereocenters. The number of carbonyl (C=O) groups excluding carboxylic acids is 5. The molecule has 3 atom stereocenters. The van der Waals surface area contributed by atoms with Crippen molar-refractivity contribution in [2.45, 2.75) is 68.7 Å². The number of rotatable bonds is 35. The van der Waals surface area contributed by atoms with Crippen molar-refractivity contribution in [2.75, 3.05) is 101 Å². The van der Waals surface area contributed by atoms with Crippen LogP contribution in [0.4, 0.5) is 38.0 Å². The van der Waals surface area contributed by atoms with E-state index < -0.39 is 5.82 Å². The fourth-order valence-corrected chi connectivity index (χ4v) is 8.50. The Balaban J connectivity index is 0.753. The highest BCUT2D eigenvalue weighted by Crippen LogP contribution is 2.33. The molecule has 0 saturated carbocycles. The van der Waals surface area contributed by atoms with Crippen molar-refractivity contribution in [1.82, 2.24) is 36.6 Å². The zero-order valence-corrected chi connectivity index (χ0v) is 39.6. The zero-order chi connectivity index (χ0) is 48.9. The number of urea groups is 1. The Hall–Kier alpha value is -6.07. The van der Waals surface area contributed by atoms with E-state index in [0.29, 0.717) is 126 Å². The highest BCUT2D eigenvalue weighted by molar-refractivity contribution is 8.00. The number of aromatic nitrogens is 2. The second-order valence-corrected chi connectivity index (χ2v) is 17.1. The minimum absolute atomic E-state index is 0.0292. The van der Waals surface area contributed by atoms with E-state index in [1.807, 2.05) is 11.8 Å². The van der Waals surface area contributed by atoms with Crippen LogP contribution in [0.5, 0.6) is 5.75 Å². The lowest BCUT2D eigenvalue weighted by molar-refractivity contribution is -0.123. The molecule has 3 aromatic rings. The second-order valence-electron chi connectivity index (χ2n) is 15.9. The topological polar surface area (TPSA) is 254 Å². The average molecular weight is 981 g/mol. The normalized spacial score (nSPS) is 15.8. The van der Waals surface area contributed by atoms with Gasteiger partial charge in [0.05, 0.1) is 57.9 Å². The summed E-state index contributed by atoms with van der Waals surface area (Å²) in [5, 5.41) is 23.4. The van der Waals surface area contributed by atoms with Gasteiger partial charge in [-0.25, -0.2) is 14.2 Å². The van der Waals surface area contributed by atoms with Crippen molar-refractivity contribution in [3.05, 3.63) is 73.2 Å². The predicted octanol–water partition coefficient (Wildman–Crippen LogP) is 4.31. The number of amides is 6. The molecule has 5 rings (SSSR count). The van der Waals surface area contributed by atoms with Crippen LogP contribution in [0.3, 0.4) is 0 Å². The van der Waals surface area contributed by atoms with Gasteiger partial charge in [0, 0.05) is 80.2 Å². The van der Waals surface area contributed by atoms with Gasteiger partial charge in [0.2, 0.25) is 29.6 Å². The molecule has 2 saturated heterocycles. The van der Waals surface area contributed by atoms with E-state index in [1.54, 1.807) is 48.5 Å². The monoisotopic (exact) mass is 980 g/mol. The van der Waals surface area contributed by atoms with Crippen molar-refractivity contribution in [3.8, 4) is 5.75 Å². The van der Waals surface area contributed by atoms with Gasteiger partial charge in [-0.3, -0.25) is 19.2 Å². The number of hydrogen-bond donors (Lipinski definition) is 8. The van der Waals surface area contributed by atoms with E-state index in [1.165, 1.54) is 6.08 Å². The summed E-state index contributed by atoms with van der Waals surface area (Å²) >= 11 is 1.86. The maximum Gasteiger partial charge on any atom is 0.315 e. The van der Waals surface area contributed by atoms with Crippen LogP contribution in [-0.2, 0) is 38.1 Å². The van der Waals surface area contributed by atoms with Gasteiger partial charge in [0.1, 0.15) is 12.4 Å². The standard InChI is InChI=1S/C47H65FN10O10S/c1-2-40(59)53-33-11-13-34(14-12-33)54-45-37(48)31-52-46(58-45)55-35-15-17-36(18-16-35)68-30-29-66-24-21-51-43(62)10-4-9-42(61)50-20-6-23-65-26-28-67-27-25-64-22-5-19-49-41(60)8-3-7-39-44-38(32-69-39)56-47(63)57-44/h2,11-18,31,38-39,44H,1,3-10,19-30,32H2,(H,49,60)(H,50,61)(H,51,62)(H,53,59)(H2,56,57,63)(H2,52,54,55,58)/t38-,39?,44-/m0/s1. The molecular weight excluding hydrogens is 916 g/mol. The molecule has 1 aromatic heterocycles. The molecule has 20 nitrogen and oxygen atoms in total. The van der Waals surface area contributed by atoms with E-state index in [0.717, 1.165) is 31.2 Å². The maximum atomic E-state index is 14.5. The van der Waals surface area contributed by atoms with Gasteiger partial charge in [-0.2, -0.15) is 16.7 Å². The second kappa shape index (κ2) is 31.1. The summed E-state index contributed by atoms with van der Waals surface area (Å²) in [6.07, 6.45) is 6.71. The molecule has 2 aromatic carbocycles. The molecule has 2 fully saturated rings. The largest absolute Gasteiger partial charge is 0.491 e. The van der Waals surface area contributed by atoms with Crippen molar-refractivity contribution in [1.29, 1.82) is 0 Å².